The first-order chi connectivity index (χ1) is 12.2. The number of rotatable bonds is 6. The molecule has 140 valence electrons. The fourth-order valence-corrected chi connectivity index (χ4v) is 4.37. The molecule has 6 heteroatoms. The van der Waals surface area contributed by atoms with Gasteiger partial charge in [0.25, 0.3) is 5.91 Å². The third-order valence-corrected chi connectivity index (χ3v) is 5.86. The van der Waals surface area contributed by atoms with E-state index in [1.54, 1.807) is 0 Å². The molecule has 2 fully saturated rings. The van der Waals surface area contributed by atoms with Crippen molar-refractivity contribution in [3.05, 3.63) is 11.9 Å². The molecule has 0 radical (unpaired) electrons. The molecule has 0 unspecified atom stereocenters. The Labute approximate surface area is 151 Å². The van der Waals surface area contributed by atoms with Crippen LogP contribution < -0.4 is 0 Å². The minimum atomic E-state index is 0.00326. The van der Waals surface area contributed by atoms with E-state index in [0.717, 1.165) is 26.2 Å². The van der Waals surface area contributed by atoms with E-state index in [0.29, 0.717) is 17.5 Å². The fourth-order valence-electron chi connectivity index (χ4n) is 4.37. The van der Waals surface area contributed by atoms with Crippen LogP contribution in [-0.4, -0.2) is 63.9 Å². The zero-order chi connectivity index (χ0) is 17.6. The predicted molar refractivity (Wildman–Crippen MR) is 98.4 cm³/mol. The normalized spacial score (nSPS) is 22.9. The molecule has 1 aliphatic heterocycles. The summed E-state index contributed by atoms with van der Waals surface area (Å²) in [4.78, 5) is 17.0. The molecule has 0 aromatic carbocycles. The maximum Gasteiger partial charge on any atom is 0.275 e. The number of carbonyl (C=O) groups is 1. The first-order valence-electron chi connectivity index (χ1n) is 10.0. The molecular formula is C19H33N5O. The van der Waals surface area contributed by atoms with Gasteiger partial charge in [0.05, 0.1) is 6.20 Å². The molecule has 1 saturated heterocycles. The standard InChI is InChI=1S/C19H33N5O/c1-3-23-11-7-10-17(13-23)12-22(2)19(25)18-15-24(21-20-18)14-16-8-5-4-6-9-16/h15-17H,3-14H2,1-2H3/t17-/m1/s1. The smallest absolute Gasteiger partial charge is 0.275 e. The van der Waals surface area contributed by atoms with Gasteiger partial charge in [-0.25, -0.2) is 0 Å². The lowest BCUT2D eigenvalue weighted by atomic mass is 9.89. The highest BCUT2D eigenvalue weighted by molar-refractivity contribution is 5.91. The van der Waals surface area contributed by atoms with Crippen molar-refractivity contribution in [2.24, 2.45) is 11.8 Å². The number of nitrogens with zero attached hydrogens (tertiary/aromatic N) is 5. The summed E-state index contributed by atoms with van der Waals surface area (Å²) < 4.78 is 1.87. The highest BCUT2D eigenvalue weighted by Crippen LogP contribution is 2.24. The summed E-state index contributed by atoms with van der Waals surface area (Å²) in [6.07, 6.45) is 10.8. The number of likely N-dealkylation sites (tertiary alicyclic amines) is 1. The number of hydrogen-bond donors (Lipinski definition) is 0. The number of piperidine rings is 1. The summed E-state index contributed by atoms with van der Waals surface area (Å²) in [6, 6.07) is 0. The summed E-state index contributed by atoms with van der Waals surface area (Å²) in [5.74, 6) is 1.27. The van der Waals surface area contributed by atoms with E-state index in [4.69, 9.17) is 0 Å². The maximum atomic E-state index is 12.7. The van der Waals surface area contributed by atoms with Crippen LogP contribution in [0.5, 0.6) is 0 Å². The lowest BCUT2D eigenvalue weighted by Gasteiger charge is -2.33. The minimum Gasteiger partial charge on any atom is -0.340 e. The molecule has 0 spiro atoms. The molecule has 25 heavy (non-hydrogen) atoms. The average molecular weight is 348 g/mol. The molecule has 0 bridgehead atoms. The molecule has 1 saturated carbocycles. The lowest BCUT2D eigenvalue weighted by molar-refractivity contribution is 0.0727. The van der Waals surface area contributed by atoms with Crippen LogP contribution in [0.15, 0.2) is 6.20 Å². The molecule has 1 aliphatic carbocycles. The Kier molecular flexibility index (Phi) is 6.45. The first-order valence-corrected chi connectivity index (χ1v) is 10.0. The molecule has 1 atom stereocenters. The number of amides is 1. The summed E-state index contributed by atoms with van der Waals surface area (Å²) in [5.41, 5.74) is 0.487. The van der Waals surface area contributed by atoms with E-state index >= 15 is 0 Å². The van der Waals surface area contributed by atoms with Crippen molar-refractivity contribution in [2.45, 2.75) is 58.4 Å². The summed E-state index contributed by atoms with van der Waals surface area (Å²) in [5, 5.41) is 8.34. The maximum absolute atomic E-state index is 12.7. The van der Waals surface area contributed by atoms with Gasteiger partial charge in [-0.3, -0.25) is 9.48 Å². The van der Waals surface area contributed by atoms with Crippen molar-refractivity contribution in [1.29, 1.82) is 0 Å². The Balaban J connectivity index is 1.51. The van der Waals surface area contributed by atoms with E-state index in [-0.39, 0.29) is 5.91 Å². The third-order valence-electron chi connectivity index (χ3n) is 5.86. The Morgan fingerprint density at radius 3 is 2.72 bits per heavy atom. The molecule has 1 aromatic rings. The van der Waals surface area contributed by atoms with Gasteiger partial charge in [-0.15, -0.1) is 5.10 Å². The van der Waals surface area contributed by atoms with Crippen molar-refractivity contribution in [2.75, 3.05) is 33.2 Å². The van der Waals surface area contributed by atoms with Crippen LogP contribution in [-0.2, 0) is 6.54 Å². The average Bonchev–Trinajstić information content (AvgIpc) is 3.10. The SMILES string of the molecule is CCN1CCC[C@H](CN(C)C(=O)c2cn(CC3CCCCC3)nn2)C1. The molecule has 3 rings (SSSR count). The molecule has 2 aliphatic rings. The van der Waals surface area contributed by atoms with Crippen LogP contribution in [0, 0.1) is 11.8 Å². The Morgan fingerprint density at radius 2 is 1.96 bits per heavy atom. The molecule has 6 nitrogen and oxygen atoms in total. The largest absolute Gasteiger partial charge is 0.340 e. The summed E-state index contributed by atoms with van der Waals surface area (Å²) >= 11 is 0. The van der Waals surface area contributed by atoms with Crippen LogP contribution in [0.1, 0.15) is 62.4 Å². The van der Waals surface area contributed by atoms with Gasteiger partial charge in [0.1, 0.15) is 0 Å². The van der Waals surface area contributed by atoms with Crippen LogP contribution in [0.4, 0.5) is 0 Å². The van der Waals surface area contributed by atoms with E-state index < -0.39 is 0 Å². The second-order valence-corrected chi connectivity index (χ2v) is 7.92. The predicted octanol–water partition coefficient (Wildman–Crippen LogP) is 2.66. The van der Waals surface area contributed by atoms with Crippen molar-refractivity contribution in [3.63, 3.8) is 0 Å². The quantitative estimate of drug-likeness (QED) is 0.794. The Morgan fingerprint density at radius 1 is 1.20 bits per heavy atom. The summed E-state index contributed by atoms with van der Waals surface area (Å²) in [6.45, 7) is 7.32. The fraction of sp³-hybridized carbons (Fsp3) is 0.842. The monoisotopic (exact) mass is 347 g/mol. The van der Waals surface area contributed by atoms with E-state index in [2.05, 4.69) is 22.1 Å². The van der Waals surface area contributed by atoms with E-state index in [9.17, 15) is 4.79 Å². The first kappa shape index (κ1) is 18.4. The lowest BCUT2D eigenvalue weighted by Crippen LogP contribution is -2.41. The van der Waals surface area contributed by atoms with Gasteiger partial charge in [0.15, 0.2) is 5.69 Å². The minimum absolute atomic E-state index is 0.00326. The van der Waals surface area contributed by atoms with Crippen molar-refractivity contribution in [3.8, 4) is 0 Å². The van der Waals surface area contributed by atoms with Gasteiger partial charge >= 0.3 is 0 Å². The third kappa shape index (κ3) is 5.03. The molecule has 0 N–H and O–H groups in total. The van der Waals surface area contributed by atoms with Crippen molar-refractivity contribution < 1.29 is 4.79 Å². The zero-order valence-corrected chi connectivity index (χ0v) is 15.9. The van der Waals surface area contributed by atoms with Gasteiger partial charge < -0.3 is 9.80 Å². The zero-order valence-electron chi connectivity index (χ0n) is 15.9. The molecule has 2 heterocycles. The molecule has 1 aromatic heterocycles. The highest BCUT2D eigenvalue weighted by atomic mass is 16.2. The molecule has 1 amide bonds. The molecular weight excluding hydrogens is 314 g/mol. The van der Waals surface area contributed by atoms with Gasteiger partial charge in [0.2, 0.25) is 0 Å². The van der Waals surface area contributed by atoms with Crippen molar-refractivity contribution in [1.82, 2.24) is 24.8 Å². The van der Waals surface area contributed by atoms with E-state index in [1.165, 1.54) is 51.5 Å². The van der Waals surface area contributed by atoms with Crippen LogP contribution in [0.3, 0.4) is 0 Å². The van der Waals surface area contributed by atoms with Crippen LogP contribution in [0.25, 0.3) is 0 Å². The van der Waals surface area contributed by atoms with E-state index in [1.807, 2.05) is 22.8 Å². The van der Waals surface area contributed by atoms with Gasteiger partial charge in [0, 0.05) is 26.7 Å². The second kappa shape index (κ2) is 8.79. The topological polar surface area (TPSA) is 54.3 Å². The Hall–Kier alpha value is -1.43. The second-order valence-electron chi connectivity index (χ2n) is 7.92. The van der Waals surface area contributed by atoms with Gasteiger partial charge in [-0.1, -0.05) is 31.4 Å². The van der Waals surface area contributed by atoms with Crippen LogP contribution >= 0.6 is 0 Å². The number of carbonyl (C=O) groups excluding carboxylic acids is 1. The summed E-state index contributed by atoms with van der Waals surface area (Å²) in [7, 11) is 1.90. The van der Waals surface area contributed by atoms with Gasteiger partial charge in [-0.2, -0.15) is 0 Å². The number of hydrogen-bond acceptors (Lipinski definition) is 4. The Bertz CT molecular complexity index is 552. The number of aromatic nitrogens is 3. The van der Waals surface area contributed by atoms with Gasteiger partial charge in [-0.05, 0) is 50.6 Å². The van der Waals surface area contributed by atoms with Crippen LogP contribution in [0.2, 0.25) is 0 Å². The van der Waals surface area contributed by atoms with Crippen molar-refractivity contribution >= 4 is 5.91 Å². The highest BCUT2D eigenvalue weighted by Gasteiger charge is 2.24.